The van der Waals surface area contributed by atoms with E-state index in [2.05, 4.69) is 25.3 Å². The van der Waals surface area contributed by atoms with Crippen molar-refractivity contribution in [2.24, 2.45) is 5.92 Å². The molecule has 0 aliphatic heterocycles. The number of unbranched alkanes of at least 4 members (excludes halogenated alkanes) is 9. The van der Waals surface area contributed by atoms with Crippen molar-refractivity contribution < 1.29 is 53.3 Å². The molecule has 0 heterocycles. The molecule has 49 heavy (non-hydrogen) atoms. The standard InChI is InChI=1S/C37H65O11P/c1-4-5-16-23-32(38)24-18-13-10-11-14-19-25-34(39)35(40)26-21-28-36(41)46-29-33(30-47-49(43,44)45)48-37(42)27-20-15-9-7-6-8-12-17-22-31(2)3/h10-11,13-14,18-19,24-25,31-35,38-40H,4-9,12,15-17,20-23,26-30H2,1-3H3,(H2,43,44,45)/b13-10-,14-11+,24-18+,25-19+/t32-,33-,34-,35-/m1/s1. The molecule has 0 aromatic rings. The molecule has 0 amide bonds. The molecule has 0 aliphatic rings. The molecule has 284 valence electrons. The predicted molar refractivity (Wildman–Crippen MR) is 192 cm³/mol. The van der Waals surface area contributed by atoms with Gasteiger partial charge in [-0.2, -0.15) is 0 Å². The first-order valence-electron chi connectivity index (χ1n) is 18.1. The van der Waals surface area contributed by atoms with E-state index in [9.17, 15) is 29.5 Å². The largest absolute Gasteiger partial charge is 0.469 e. The number of carbonyl (C=O) groups excluding carboxylic acids is 2. The summed E-state index contributed by atoms with van der Waals surface area (Å²) in [6.07, 6.45) is 23.7. The van der Waals surface area contributed by atoms with Gasteiger partial charge >= 0.3 is 19.8 Å². The third kappa shape index (κ3) is 32.8. The Morgan fingerprint density at radius 2 is 1.20 bits per heavy atom. The van der Waals surface area contributed by atoms with E-state index in [-0.39, 0.29) is 25.7 Å². The summed E-state index contributed by atoms with van der Waals surface area (Å²) in [6, 6.07) is 0. The third-order valence-corrected chi connectivity index (χ3v) is 8.13. The molecule has 0 saturated carbocycles. The summed E-state index contributed by atoms with van der Waals surface area (Å²) in [4.78, 5) is 42.6. The highest BCUT2D eigenvalue weighted by atomic mass is 31.2. The van der Waals surface area contributed by atoms with Crippen LogP contribution in [0, 0.1) is 5.92 Å². The van der Waals surface area contributed by atoms with Crippen molar-refractivity contribution >= 4 is 19.8 Å². The van der Waals surface area contributed by atoms with Crippen LogP contribution in [0.5, 0.6) is 0 Å². The fourth-order valence-electron chi connectivity index (χ4n) is 4.76. The molecule has 0 bridgehead atoms. The summed E-state index contributed by atoms with van der Waals surface area (Å²) >= 11 is 0. The summed E-state index contributed by atoms with van der Waals surface area (Å²) in [5.41, 5.74) is 0. The van der Waals surface area contributed by atoms with Gasteiger partial charge < -0.3 is 34.6 Å². The van der Waals surface area contributed by atoms with Crippen LogP contribution in [0.1, 0.15) is 130 Å². The highest BCUT2D eigenvalue weighted by molar-refractivity contribution is 7.46. The minimum atomic E-state index is -4.83. The van der Waals surface area contributed by atoms with Gasteiger partial charge in [-0.15, -0.1) is 0 Å². The average Bonchev–Trinajstić information content (AvgIpc) is 3.03. The van der Waals surface area contributed by atoms with Crippen molar-refractivity contribution in [1.29, 1.82) is 0 Å². The van der Waals surface area contributed by atoms with Gasteiger partial charge in [-0.3, -0.25) is 14.1 Å². The van der Waals surface area contributed by atoms with Crippen molar-refractivity contribution in [3.05, 3.63) is 48.6 Å². The Bertz CT molecular complexity index is 1000. The van der Waals surface area contributed by atoms with Crippen molar-refractivity contribution in [3.63, 3.8) is 0 Å². The lowest BCUT2D eigenvalue weighted by Gasteiger charge is -2.18. The van der Waals surface area contributed by atoms with Crippen molar-refractivity contribution in [3.8, 4) is 0 Å². The number of phosphoric acid groups is 1. The Kier molecular flexibility index (Phi) is 29.4. The predicted octanol–water partition coefficient (Wildman–Crippen LogP) is 7.17. The van der Waals surface area contributed by atoms with Gasteiger partial charge in [0.1, 0.15) is 6.61 Å². The van der Waals surface area contributed by atoms with Gasteiger partial charge in [0.05, 0.1) is 24.9 Å². The Hall–Kier alpha value is -2.11. The van der Waals surface area contributed by atoms with Gasteiger partial charge in [-0.05, 0) is 31.6 Å². The highest BCUT2D eigenvalue weighted by Gasteiger charge is 2.23. The normalized spacial score (nSPS) is 15.1. The maximum atomic E-state index is 12.3. The van der Waals surface area contributed by atoms with Gasteiger partial charge in [0, 0.05) is 12.8 Å². The van der Waals surface area contributed by atoms with Crippen LogP contribution in [0.4, 0.5) is 0 Å². The monoisotopic (exact) mass is 716 g/mol. The second kappa shape index (κ2) is 30.7. The van der Waals surface area contributed by atoms with Crippen LogP contribution in [0.25, 0.3) is 0 Å². The number of phosphoric ester groups is 1. The van der Waals surface area contributed by atoms with E-state index in [4.69, 9.17) is 19.3 Å². The first kappa shape index (κ1) is 46.9. The molecule has 0 fully saturated rings. The van der Waals surface area contributed by atoms with E-state index < -0.39 is 57.4 Å². The zero-order valence-corrected chi connectivity index (χ0v) is 31.0. The lowest BCUT2D eigenvalue weighted by molar-refractivity contribution is -0.161. The van der Waals surface area contributed by atoms with Crippen LogP contribution < -0.4 is 0 Å². The number of rotatable bonds is 31. The molecule has 0 radical (unpaired) electrons. The molecule has 0 aromatic heterocycles. The van der Waals surface area contributed by atoms with Gasteiger partial charge in [-0.1, -0.05) is 140 Å². The Morgan fingerprint density at radius 3 is 1.82 bits per heavy atom. The first-order chi connectivity index (χ1) is 23.3. The zero-order chi connectivity index (χ0) is 36.8. The van der Waals surface area contributed by atoms with Crippen molar-refractivity contribution in [1.82, 2.24) is 0 Å². The summed E-state index contributed by atoms with van der Waals surface area (Å²) in [5, 5.41) is 30.2. The average molecular weight is 717 g/mol. The van der Waals surface area contributed by atoms with Crippen molar-refractivity contribution in [2.45, 2.75) is 154 Å². The Morgan fingerprint density at radius 1 is 0.653 bits per heavy atom. The van der Waals surface area contributed by atoms with Crippen molar-refractivity contribution in [2.75, 3.05) is 13.2 Å². The van der Waals surface area contributed by atoms with E-state index >= 15 is 0 Å². The maximum absolute atomic E-state index is 12.3. The summed E-state index contributed by atoms with van der Waals surface area (Å²) in [5.74, 6) is -0.478. The highest BCUT2D eigenvalue weighted by Crippen LogP contribution is 2.36. The van der Waals surface area contributed by atoms with E-state index in [0.29, 0.717) is 6.42 Å². The van der Waals surface area contributed by atoms with Gasteiger partial charge in [0.25, 0.3) is 0 Å². The van der Waals surface area contributed by atoms with Crippen LogP contribution in [-0.4, -0.2) is 74.7 Å². The minimum absolute atomic E-state index is 0.0866. The summed E-state index contributed by atoms with van der Waals surface area (Å²) in [6.45, 7) is 5.51. The third-order valence-electron chi connectivity index (χ3n) is 7.64. The Labute approximate surface area is 294 Å². The van der Waals surface area contributed by atoms with E-state index in [1.807, 2.05) is 0 Å². The number of carbonyl (C=O) groups is 2. The molecule has 12 heteroatoms. The van der Waals surface area contributed by atoms with E-state index in [0.717, 1.165) is 50.9 Å². The molecular formula is C37H65O11P. The number of aliphatic hydroxyl groups excluding tert-OH is 3. The molecule has 0 saturated heterocycles. The minimum Gasteiger partial charge on any atom is -0.462 e. The van der Waals surface area contributed by atoms with Crippen LogP contribution in [0.3, 0.4) is 0 Å². The molecule has 0 spiro atoms. The number of hydrogen-bond donors (Lipinski definition) is 5. The fourth-order valence-corrected chi connectivity index (χ4v) is 5.12. The van der Waals surface area contributed by atoms with Crippen LogP contribution in [0.2, 0.25) is 0 Å². The smallest absolute Gasteiger partial charge is 0.462 e. The quantitative estimate of drug-likeness (QED) is 0.0213. The van der Waals surface area contributed by atoms with Gasteiger partial charge in [0.15, 0.2) is 6.10 Å². The summed E-state index contributed by atoms with van der Waals surface area (Å²) < 4.78 is 26.0. The van der Waals surface area contributed by atoms with Gasteiger partial charge in [0.2, 0.25) is 0 Å². The van der Waals surface area contributed by atoms with E-state index in [1.54, 1.807) is 42.5 Å². The second-order valence-corrected chi connectivity index (χ2v) is 14.1. The summed E-state index contributed by atoms with van der Waals surface area (Å²) in [7, 11) is -4.83. The molecule has 0 aromatic carbocycles. The lowest BCUT2D eigenvalue weighted by Crippen LogP contribution is -2.29. The second-order valence-electron chi connectivity index (χ2n) is 12.9. The number of ether oxygens (including phenoxy) is 2. The van der Waals surface area contributed by atoms with E-state index in [1.165, 1.54) is 38.2 Å². The fraction of sp³-hybridized carbons (Fsp3) is 0.730. The van der Waals surface area contributed by atoms with Crippen LogP contribution in [-0.2, 0) is 28.2 Å². The van der Waals surface area contributed by atoms with Gasteiger partial charge in [-0.25, -0.2) is 4.57 Å². The SMILES string of the molecule is CCCCC[C@@H](O)/C=C/C=C\C=C\C=C\[C@@H](O)[C@H](O)CCCC(=O)OC[C@H](COP(=O)(O)O)OC(=O)CCCCCCCCCCC(C)C. The maximum Gasteiger partial charge on any atom is 0.469 e. The molecule has 0 aliphatic carbocycles. The lowest BCUT2D eigenvalue weighted by atomic mass is 10.0. The topological polar surface area (TPSA) is 180 Å². The molecular weight excluding hydrogens is 651 g/mol. The van der Waals surface area contributed by atoms with Crippen LogP contribution in [0.15, 0.2) is 48.6 Å². The Balaban J connectivity index is 4.37. The first-order valence-corrected chi connectivity index (χ1v) is 19.6. The zero-order valence-electron chi connectivity index (χ0n) is 30.1. The number of aliphatic hydroxyl groups is 3. The number of hydrogen-bond acceptors (Lipinski definition) is 9. The number of allylic oxidation sites excluding steroid dienone is 6. The molecule has 11 nitrogen and oxygen atoms in total. The molecule has 4 atom stereocenters. The number of esters is 2. The molecule has 5 N–H and O–H groups in total. The molecule has 0 unspecified atom stereocenters. The van der Waals surface area contributed by atoms with Crippen LogP contribution >= 0.6 is 7.82 Å². The molecule has 0 rings (SSSR count).